The van der Waals surface area contributed by atoms with Gasteiger partial charge in [-0.2, -0.15) is 0 Å². The summed E-state index contributed by atoms with van der Waals surface area (Å²) in [7, 11) is 0. The van der Waals surface area contributed by atoms with Crippen molar-refractivity contribution < 1.29 is 0 Å². The SMILES string of the molecule is BrC1CC[C@H](Br)[C@@H](Br)CC[C@@H](Br)[C@H](Br)CC[C@@H]1Br. The second-order valence-electron chi connectivity index (χ2n) is 4.83. The minimum atomic E-state index is 0.560. The quantitative estimate of drug-likeness (QED) is 0.252. The van der Waals surface area contributed by atoms with Gasteiger partial charge in [0.15, 0.2) is 0 Å². The molecule has 0 aromatic rings. The summed E-state index contributed by atoms with van der Waals surface area (Å²) in [5.74, 6) is 0. The predicted molar refractivity (Wildman–Crippen MR) is 104 cm³/mol. The van der Waals surface area contributed by atoms with Gasteiger partial charge in [-0.3, -0.25) is 0 Å². The standard InChI is InChI=1S/C12H18Br6/c13-7-1-2-8(14)10(16)5-6-12(18)11(17)4-3-9(7)15/h7-12H,1-6H2/t7-,8+,9-,10+,11+,12?/m1/s1. The summed E-state index contributed by atoms with van der Waals surface area (Å²) in [6.07, 6.45) is 7.24. The monoisotopic (exact) mass is 636 g/mol. The Balaban J connectivity index is 2.61. The van der Waals surface area contributed by atoms with Gasteiger partial charge in [-0.05, 0) is 38.5 Å². The molecular weight excluding hydrogens is 624 g/mol. The Bertz CT molecular complexity index is 175. The molecule has 0 amide bonds. The molecule has 0 nitrogen and oxygen atoms in total. The molecular formula is C12H18Br6. The summed E-state index contributed by atoms with van der Waals surface area (Å²) < 4.78 is 0. The molecule has 0 spiro atoms. The van der Waals surface area contributed by atoms with E-state index in [-0.39, 0.29) is 0 Å². The van der Waals surface area contributed by atoms with Gasteiger partial charge >= 0.3 is 0 Å². The van der Waals surface area contributed by atoms with Crippen molar-refractivity contribution in [1.82, 2.24) is 0 Å². The van der Waals surface area contributed by atoms with E-state index < -0.39 is 0 Å². The molecule has 0 aliphatic heterocycles. The summed E-state index contributed by atoms with van der Waals surface area (Å²) in [6, 6.07) is 0. The van der Waals surface area contributed by atoms with E-state index in [4.69, 9.17) is 0 Å². The lowest BCUT2D eigenvalue weighted by molar-refractivity contribution is 0.557. The molecule has 0 bridgehead atoms. The highest BCUT2D eigenvalue weighted by molar-refractivity contribution is 9.13. The van der Waals surface area contributed by atoms with Crippen LogP contribution in [0.4, 0.5) is 0 Å². The van der Waals surface area contributed by atoms with E-state index in [1.165, 1.54) is 38.5 Å². The van der Waals surface area contributed by atoms with E-state index in [0.29, 0.717) is 29.0 Å². The molecule has 1 unspecified atom stereocenters. The average molecular weight is 642 g/mol. The zero-order valence-electron chi connectivity index (χ0n) is 9.97. The van der Waals surface area contributed by atoms with E-state index in [9.17, 15) is 0 Å². The molecule has 0 aromatic carbocycles. The first kappa shape index (κ1) is 18.9. The minimum Gasteiger partial charge on any atom is -0.0879 e. The fourth-order valence-electron chi connectivity index (χ4n) is 2.04. The van der Waals surface area contributed by atoms with Gasteiger partial charge in [0.25, 0.3) is 0 Å². The second-order valence-corrected chi connectivity index (χ2v) is 11.9. The highest BCUT2D eigenvalue weighted by Crippen LogP contribution is 2.34. The zero-order valence-corrected chi connectivity index (χ0v) is 19.5. The lowest BCUT2D eigenvalue weighted by Crippen LogP contribution is -2.25. The molecule has 1 rings (SSSR count). The van der Waals surface area contributed by atoms with Gasteiger partial charge in [0, 0.05) is 29.0 Å². The van der Waals surface area contributed by atoms with Crippen molar-refractivity contribution in [2.75, 3.05) is 0 Å². The molecule has 0 aromatic heterocycles. The number of hydrogen-bond acceptors (Lipinski definition) is 0. The van der Waals surface area contributed by atoms with Crippen LogP contribution < -0.4 is 0 Å². The summed E-state index contributed by atoms with van der Waals surface area (Å²) in [5.41, 5.74) is 0. The predicted octanol–water partition coefficient (Wildman–Crippen LogP) is 6.92. The number of rotatable bonds is 0. The van der Waals surface area contributed by atoms with Crippen molar-refractivity contribution in [3.05, 3.63) is 0 Å². The van der Waals surface area contributed by atoms with E-state index in [1.807, 2.05) is 0 Å². The maximum atomic E-state index is 3.82. The molecule has 1 aliphatic carbocycles. The molecule has 1 saturated carbocycles. The third-order valence-corrected chi connectivity index (χ3v) is 12.0. The Kier molecular flexibility index (Phi) is 10.3. The van der Waals surface area contributed by atoms with Crippen molar-refractivity contribution in [2.45, 2.75) is 67.5 Å². The molecule has 6 heteroatoms. The molecule has 1 fully saturated rings. The van der Waals surface area contributed by atoms with Gasteiger partial charge < -0.3 is 0 Å². The maximum Gasteiger partial charge on any atom is 0.0271 e. The summed E-state index contributed by atoms with van der Waals surface area (Å²) in [4.78, 5) is 3.36. The van der Waals surface area contributed by atoms with Crippen LogP contribution in [0.5, 0.6) is 0 Å². The van der Waals surface area contributed by atoms with Crippen LogP contribution in [0.25, 0.3) is 0 Å². The van der Waals surface area contributed by atoms with Crippen LogP contribution >= 0.6 is 95.6 Å². The second kappa shape index (κ2) is 9.81. The van der Waals surface area contributed by atoms with Crippen molar-refractivity contribution >= 4 is 95.6 Å². The topological polar surface area (TPSA) is 0 Å². The molecule has 1 aliphatic rings. The Labute approximate surface area is 161 Å². The third kappa shape index (κ3) is 6.76. The van der Waals surface area contributed by atoms with Crippen LogP contribution in [-0.4, -0.2) is 29.0 Å². The average Bonchev–Trinajstić information content (AvgIpc) is 2.36. The maximum absolute atomic E-state index is 3.82. The van der Waals surface area contributed by atoms with Crippen molar-refractivity contribution in [3.8, 4) is 0 Å². The van der Waals surface area contributed by atoms with Crippen molar-refractivity contribution in [2.24, 2.45) is 0 Å². The van der Waals surface area contributed by atoms with E-state index in [2.05, 4.69) is 95.6 Å². The Morgan fingerprint density at radius 3 is 0.556 bits per heavy atom. The van der Waals surface area contributed by atoms with E-state index in [0.717, 1.165) is 0 Å². The van der Waals surface area contributed by atoms with Crippen LogP contribution in [0.15, 0.2) is 0 Å². The van der Waals surface area contributed by atoms with Crippen molar-refractivity contribution in [3.63, 3.8) is 0 Å². The molecule has 108 valence electrons. The van der Waals surface area contributed by atoms with Gasteiger partial charge in [-0.25, -0.2) is 0 Å². The van der Waals surface area contributed by atoms with Crippen molar-refractivity contribution in [1.29, 1.82) is 0 Å². The number of alkyl halides is 6. The normalized spacial score (nSPS) is 45.0. The number of halogens is 6. The molecule has 18 heavy (non-hydrogen) atoms. The molecule has 6 atom stereocenters. The van der Waals surface area contributed by atoms with Crippen LogP contribution in [-0.2, 0) is 0 Å². The summed E-state index contributed by atoms with van der Waals surface area (Å²) in [6.45, 7) is 0. The first-order valence-electron chi connectivity index (χ1n) is 6.26. The van der Waals surface area contributed by atoms with Crippen LogP contribution in [0.3, 0.4) is 0 Å². The minimum absolute atomic E-state index is 0.560. The van der Waals surface area contributed by atoms with E-state index >= 15 is 0 Å². The fourth-order valence-corrected chi connectivity index (χ4v) is 5.21. The van der Waals surface area contributed by atoms with Gasteiger partial charge in [0.05, 0.1) is 0 Å². The van der Waals surface area contributed by atoms with Gasteiger partial charge in [-0.15, -0.1) is 0 Å². The molecule has 0 heterocycles. The van der Waals surface area contributed by atoms with Crippen LogP contribution in [0, 0.1) is 0 Å². The summed E-state index contributed by atoms with van der Waals surface area (Å²) >= 11 is 22.9. The highest BCUT2D eigenvalue weighted by Gasteiger charge is 2.25. The van der Waals surface area contributed by atoms with Gasteiger partial charge in [-0.1, -0.05) is 95.6 Å². The van der Waals surface area contributed by atoms with Gasteiger partial charge in [0.2, 0.25) is 0 Å². The Morgan fingerprint density at radius 1 is 0.333 bits per heavy atom. The largest absolute Gasteiger partial charge is 0.0879 e. The summed E-state index contributed by atoms with van der Waals surface area (Å²) in [5, 5.41) is 0. The first-order chi connectivity index (χ1) is 8.41. The lowest BCUT2D eigenvalue weighted by Gasteiger charge is -2.25. The molecule has 0 radical (unpaired) electrons. The molecule has 0 saturated heterocycles. The highest BCUT2D eigenvalue weighted by atomic mass is 79.9. The molecule has 0 N–H and O–H groups in total. The Morgan fingerprint density at radius 2 is 0.444 bits per heavy atom. The third-order valence-electron chi connectivity index (χ3n) is 3.33. The van der Waals surface area contributed by atoms with E-state index in [1.54, 1.807) is 0 Å². The van der Waals surface area contributed by atoms with Crippen LogP contribution in [0.1, 0.15) is 38.5 Å². The zero-order chi connectivity index (χ0) is 13.7. The lowest BCUT2D eigenvalue weighted by atomic mass is 10.0. The Hall–Kier alpha value is 2.88. The van der Waals surface area contributed by atoms with Gasteiger partial charge in [0.1, 0.15) is 0 Å². The smallest absolute Gasteiger partial charge is 0.0271 e. The fraction of sp³-hybridized carbons (Fsp3) is 1.00. The number of hydrogen-bond donors (Lipinski definition) is 0. The van der Waals surface area contributed by atoms with Crippen LogP contribution in [0.2, 0.25) is 0 Å². The first-order valence-corrected chi connectivity index (χ1v) is 11.8.